The number of hydrogen-bond donors (Lipinski definition) is 1. The van der Waals surface area contributed by atoms with Gasteiger partial charge in [0.25, 0.3) is 0 Å². The normalized spacial score (nSPS) is 18.0. The zero-order chi connectivity index (χ0) is 16.2. The van der Waals surface area contributed by atoms with E-state index >= 15 is 0 Å². The molecule has 5 heteroatoms. The number of rotatable bonds is 3. The van der Waals surface area contributed by atoms with Gasteiger partial charge in [-0.2, -0.15) is 0 Å². The number of carbonyl (C=O) groups excluding carboxylic acids is 1. The third-order valence-electron chi connectivity index (χ3n) is 4.07. The van der Waals surface area contributed by atoms with Crippen LogP contribution in [0.5, 0.6) is 0 Å². The van der Waals surface area contributed by atoms with Gasteiger partial charge in [0.15, 0.2) is 0 Å². The highest BCUT2D eigenvalue weighted by Gasteiger charge is 2.29. The van der Waals surface area contributed by atoms with Crippen LogP contribution >= 0.6 is 11.6 Å². The van der Waals surface area contributed by atoms with Gasteiger partial charge in [-0.1, -0.05) is 41.9 Å². The predicted octanol–water partition coefficient (Wildman–Crippen LogP) is 3.19. The molecule has 1 amide bonds. The number of nitrogens with one attached hydrogen (secondary N) is 1. The van der Waals surface area contributed by atoms with Gasteiger partial charge in [-0.3, -0.25) is 4.79 Å². The summed E-state index contributed by atoms with van der Waals surface area (Å²) in [5.41, 5.74) is 1.63. The van der Waals surface area contributed by atoms with Crippen LogP contribution in [0.1, 0.15) is 17.2 Å². The summed E-state index contributed by atoms with van der Waals surface area (Å²) in [4.78, 5) is 14.5. The lowest BCUT2D eigenvalue weighted by Crippen LogP contribution is -2.49. The summed E-state index contributed by atoms with van der Waals surface area (Å²) < 4.78 is 13.3. The second-order valence-electron chi connectivity index (χ2n) is 5.64. The highest BCUT2D eigenvalue weighted by atomic mass is 35.5. The van der Waals surface area contributed by atoms with E-state index in [1.165, 1.54) is 12.1 Å². The van der Waals surface area contributed by atoms with Gasteiger partial charge in [-0.25, -0.2) is 4.39 Å². The van der Waals surface area contributed by atoms with Crippen molar-refractivity contribution in [3.8, 4) is 0 Å². The van der Waals surface area contributed by atoms with Crippen molar-refractivity contribution in [1.82, 2.24) is 10.2 Å². The maximum atomic E-state index is 13.3. The van der Waals surface area contributed by atoms with E-state index < -0.39 is 0 Å². The lowest BCUT2D eigenvalue weighted by molar-refractivity contribution is -0.133. The molecule has 23 heavy (non-hydrogen) atoms. The van der Waals surface area contributed by atoms with E-state index in [4.69, 9.17) is 11.6 Å². The Morgan fingerprint density at radius 3 is 2.87 bits per heavy atom. The maximum Gasteiger partial charge on any atom is 0.227 e. The van der Waals surface area contributed by atoms with Gasteiger partial charge in [-0.05, 0) is 29.3 Å². The molecule has 2 aromatic rings. The van der Waals surface area contributed by atoms with Gasteiger partial charge in [0.1, 0.15) is 5.82 Å². The zero-order valence-corrected chi connectivity index (χ0v) is 13.4. The predicted molar refractivity (Wildman–Crippen MR) is 88.9 cm³/mol. The fraction of sp³-hybridized carbons (Fsp3) is 0.278. The number of nitrogens with zero attached hydrogens (tertiary/aromatic N) is 1. The lowest BCUT2D eigenvalue weighted by atomic mass is 10.0. The molecule has 0 spiro atoms. The first-order chi connectivity index (χ1) is 11.1. The van der Waals surface area contributed by atoms with Gasteiger partial charge in [-0.15, -0.1) is 0 Å². The summed E-state index contributed by atoms with van der Waals surface area (Å²) in [6.07, 6.45) is 0.193. The molecule has 1 heterocycles. The lowest BCUT2D eigenvalue weighted by Gasteiger charge is -2.37. The topological polar surface area (TPSA) is 32.3 Å². The summed E-state index contributed by atoms with van der Waals surface area (Å²) >= 11 is 6.29. The van der Waals surface area contributed by atoms with E-state index in [9.17, 15) is 9.18 Å². The second-order valence-corrected chi connectivity index (χ2v) is 6.04. The van der Waals surface area contributed by atoms with Crippen LogP contribution in [0.25, 0.3) is 0 Å². The van der Waals surface area contributed by atoms with Gasteiger partial charge >= 0.3 is 0 Å². The molecule has 1 fully saturated rings. The minimum atomic E-state index is -0.321. The van der Waals surface area contributed by atoms with Crippen molar-refractivity contribution in [2.75, 3.05) is 19.6 Å². The smallest absolute Gasteiger partial charge is 0.227 e. The van der Waals surface area contributed by atoms with E-state index in [1.807, 2.05) is 29.2 Å². The van der Waals surface area contributed by atoms with Crippen LogP contribution in [0.4, 0.5) is 4.39 Å². The summed E-state index contributed by atoms with van der Waals surface area (Å²) in [6, 6.07) is 13.7. The van der Waals surface area contributed by atoms with Crippen molar-refractivity contribution in [3.63, 3.8) is 0 Å². The Morgan fingerprint density at radius 2 is 2.09 bits per heavy atom. The molecule has 0 saturated carbocycles. The molecule has 0 aromatic heterocycles. The summed E-state index contributed by atoms with van der Waals surface area (Å²) in [6.45, 7) is 2.03. The average molecular weight is 333 g/mol. The summed E-state index contributed by atoms with van der Waals surface area (Å²) in [5, 5.41) is 3.96. The molecule has 2 aromatic carbocycles. The van der Waals surface area contributed by atoms with Crippen molar-refractivity contribution in [2.24, 2.45) is 0 Å². The Morgan fingerprint density at radius 1 is 1.26 bits per heavy atom. The van der Waals surface area contributed by atoms with Gasteiger partial charge in [0, 0.05) is 24.7 Å². The molecule has 0 bridgehead atoms. The molecule has 1 unspecified atom stereocenters. The zero-order valence-electron chi connectivity index (χ0n) is 12.6. The quantitative estimate of drug-likeness (QED) is 0.936. The Kier molecular flexibility index (Phi) is 4.94. The minimum Gasteiger partial charge on any atom is -0.333 e. The van der Waals surface area contributed by atoms with E-state index in [0.717, 1.165) is 12.1 Å². The molecular weight excluding hydrogens is 315 g/mol. The van der Waals surface area contributed by atoms with Crippen LogP contribution in [0.3, 0.4) is 0 Å². The molecule has 3 rings (SSSR count). The Hall–Kier alpha value is -1.91. The average Bonchev–Trinajstić information content (AvgIpc) is 2.55. The van der Waals surface area contributed by atoms with E-state index in [-0.39, 0.29) is 24.2 Å². The largest absolute Gasteiger partial charge is 0.333 e. The number of benzene rings is 2. The highest BCUT2D eigenvalue weighted by Crippen LogP contribution is 2.29. The third-order valence-corrected chi connectivity index (χ3v) is 4.42. The van der Waals surface area contributed by atoms with Crippen LogP contribution in [0.15, 0.2) is 48.5 Å². The molecule has 0 aliphatic carbocycles. The van der Waals surface area contributed by atoms with Crippen molar-refractivity contribution in [3.05, 3.63) is 70.5 Å². The Balaban J connectivity index is 1.81. The maximum absolute atomic E-state index is 13.3. The van der Waals surface area contributed by atoms with Crippen LogP contribution in [-0.4, -0.2) is 30.4 Å². The SMILES string of the molecule is O=C(Cc1cccc(F)c1)N1CCNCC1c1ccccc1Cl. The molecule has 1 aliphatic rings. The molecule has 1 aliphatic heterocycles. The van der Waals surface area contributed by atoms with Crippen LogP contribution in [-0.2, 0) is 11.2 Å². The fourth-order valence-corrected chi connectivity index (χ4v) is 3.21. The number of halogens is 2. The number of hydrogen-bond acceptors (Lipinski definition) is 2. The molecular formula is C18H18ClFN2O. The first-order valence-electron chi connectivity index (χ1n) is 7.64. The number of carbonyl (C=O) groups is 1. The monoisotopic (exact) mass is 332 g/mol. The van der Waals surface area contributed by atoms with Gasteiger partial charge in [0.05, 0.1) is 12.5 Å². The first-order valence-corrected chi connectivity index (χ1v) is 8.02. The number of piperazine rings is 1. The van der Waals surface area contributed by atoms with Crippen LogP contribution in [0.2, 0.25) is 5.02 Å². The molecule has 120 valence electrons. The summed E-state index contributed by atoms with van der Waals surface area (Å²) in [7, 11) is 0. The molecule has 3 nitrogen and oxygen atoms in total. The van der Waals surface area contributed by atoms with Crippen molar-refractivity contribution in [2.45, 2.75) is 12.5 Å². The van der Waals surface area contributed by atoms with Crippen LogP contribution in [0, 0.1) is 5.82 Å². The first kappa shape index (κ1) is 16.0. The molecule has 1 atom stereocenters. The fourth-order valence-electron chi connectivity index (χ4n) is 2.95. The van der Waals surface area contributed by atoms with Gasteiger partial charge in [0.2, 0.25) is 5.91 Å². The molecule has 1 N–H and O–H groups in total. The molecule has 0 radical (unpaired) electrons. The standard InChI is InChI=1S/C18H18ClFN2O/c19-16-7-2-1-6-15(16)17-12-21-8-9-22(17)18(23)11-13-4-3-5-14(20)10-13/h1-7,10,17,21H,8-9,11-12H2. The summed E-state index contributed by atoms with van der Waals surface area (Å²) in [5.74, 6) is -0.333. The second kappa shape index (κ2) is 7.11. The third kappa shape index (κ3) is 3.71. The van der Waals surface area contributed by atoms with Crippen molar-refractivity contribution < 1.29 is 9.18 Å². The highest BCUT2D eigenvalue weighted by molar-refractivity contribution is 6.31. The van der Waals surface area contributed by atoms with Gasteiger partial charge < -0.3 is 10.2 Å². The Labute approximate surface area is 140 Å². The van der Waals surface area contributed by atoms with E-state index in [2.05, 4.69) is 5.32 Å². The Bertz CT molecular complexity index is 707. The van der Waals surface area contributed by atoms with E-state index in [1.54, 1.807) is 12.1 Å². The van der Waals surface area contributed by atoms with Crippen molar-refractivity contribution >= 4 is 17.5 Å². The number of amides is 1. The molecule has 1 saturated heterocycles. The minimum absolute atomic E-state index is 0.0120. The van der Waals surface area contributed by atoms with E-state index in [0.29, 0.717) is 23.7 Å². The van der Waals surface area contributed by atoms with Crippen molar-refractivity contribution in [1.29, 1.82) is 0 Å². The van der Waals surface area contributed by atoms with Crippen LogP contribution < -0.4 is 5.32 Å².